The molecule has 0 aliphatic heterocycles. The molecule has 3 N–H and O–H groups in total. The van der Waals surface area contributed by atoms with Gasteiger partial charge in [0.25, 0.3) is 0 Å². The Labute approximate surface area is 122 Å². The molecular formula is C14H15ClN4O. The number of oxime groups is 1. The Hall–Kier alpha value is -2.27. The van der Waals surface area contributed by atoms with Crippen LogP contribution in [0.3, 0.4) is 0 Å². The summed E-state index contributed by atoms with van der Waals surface area (Å²) in [7, 11) is 1.92. The Kier molecular flexibility index (Phi) is 4.42. The maximum Gasteiger partial charge on any atom is 0.172 e. The molecule has 0 bridgehead atoms. The highest BCUT2D eigenvalue weighted by Gasteiger charge is 2.12. The molecule has 0 atom stereocenters. The van der Waals surface area contributed by atoms with E-state index in [-0.39, 0.29) is 5.84 Å². The first kappa shape index (κ1) is 14.1. The van der Waals surface area contributed by atoms with E-state index in [2.05, 4.69) is 10.1 Å². The first-order valence-corrected chi connectivity index (χ1v) is 6.37. The molecule has 0 spiro atoms. The lowest BCUT2D eigenvalue weighted by Crippen LogP contribution is -2.22. The van der Waals surface area contributed by atoms with Gasteiger partial charge in [-0.3, -0.25) is 4.98 Å². The summed E-state index contributed by atoms with van der Waals surface area (Å²) in [5, 5.41) is 12.5. The molecule has 2 rings (SSSR count). The number of benzene rings is 1. The third kappa shape index (κ3) is 3.19. The summed E-state index contributed by atoms with van der Waals surface area (Å²) < 4.78 is 0. The number of nitrogens with zero attached hydrogens (tertiary/aromatic N) is 3. The zero-order valence-electron chi connectivity index (χ0n) is 11.0. The first-order valence-electron chi connectivity index (χ1n) is 5.99. The number of rotatable bonds is 4. The van der Waals surface area contributed by atoms with Gasteiger partial charge in [-0.2, -0.15) is 0 Å². The van der Waals surface area contributed by atoms with E-state index in [1.807, 2.05) is 24.1 Å². The number of nitrogens with two attached hydrogens (primary N) is 1. The van der Waals surface area contributed by atoms with Crippen molar-refractivity contribution in [2.24, 2.45) is 10.9 Å². The number of anilines is 1. The largest absolute Gasteiger partial charge is 0.409 e. The molecule has 1 heterocycles. The van der Waals surface area contributed by atoms with Crippen molar-refractivity contribution in [1.29, 1.82) is 0 Å². The zero-order chi connectivity index (χ0) is 14.5. The number of halogens is 1. The number of hydrogen-bond donors (Lipinski definition) is 2. The van der Waals surface area contributed by atoms with Gasteiger partial charge in [-0.05, 0) is 35.9 Å². The molecule has 0 saturated carbocycles. The minimum absolute atomic E-state index is 0.0539. The third-order valence-electron chi connectivity index (χ3n) is 2.92. The SMILES string of the molecule is CN(Cc1ccncc1)c1cc(Cl)ccc1C(N)=NO. The molecule has 0 unspecified atom stereocenters. The molecule has 5 nitrogen and oxygen atoms in total. The molecule has 0 radical (unpaired) electrons. The molecule has 104 valence electrons. The van der Waals surface area contributed by atoms with Crippen LogP contribution in [0.5, 0.6) is 0 Å². The van der Waals surface area contributed by atoms with Gasteiger partial charge in [0.2, 0.25) is 0 Å². The Bertz CT molecular complexity index is 616. The van der Waals surface area contributed by atoms with Gasteiger partial charge >= 0.3 is 0 Å². The van der Waals surface area contributed by atoms with Crippen molar-refractivity contribution in [3.05, 3.63) is 58.9 Å². The van der Waals surface area contributed by atoms with Crippen molar-refractivity contribution in [3.8, 4) is 0 Å². The number of aromatic nitrogens is 1. The average Bonchev–Trinajstić information content (AvgIpc) is 2.47. The second-order valence-corrected chi connectivity index (χ2v) is 4.79. The van der Waals surface area contributed by atoms with Gasteiger partial charge in [0, 0.05) is 42.3 Å². The monoisotopic (exact) mass is 290 g/mol. The maximum atomic E-state index is 8.86. The van der Waals surface area contributed by atoms with Crippen molar-refractivity contribution in [2.45, 2.75) is 6.54 Å². The van der Waals surface area contributed by atoms with Crippen LogP contribution in [0.1, 0.15) is 11.1 Å². The number of hydrogen-bond acceptors (Lipinski definition) is 4. The van der Waals surface area contributed by atoms with Crippen molar-refractivity contribution >= 4 is 23.1 Å². The number of pyridine rings is 1. The van der Waals surface area contributed by atoms with Crippen LogP contribution >= 0.6 is 11.6 Å². The predicted molar refractivity (Wildman–Crippen MR) is 80.3 cm³/mol. The highest BCUT2D eigenvalue weighted by atomic mass is 35.5. The Morgan fingerprint density at radius 3 is 2.70 bits per heavy atom. The van der Waals surface area contributed by atoms with E-state index in [4.69, 9.17) is 22.5 Å². The van der Waals surface area contributed by atoms with E-state index in [9.17, 15) is 0 Å². The van der Waals surface area contributed by atoms with E-state index >= 15 is 0 Å². The van der Waals surface area contributed by atoms with Gasteiger partial charge in [-0.25, -0.2) is 0 Å². The van der Waals surface area contributed by atoms with Crippen molar-refractivity contribution in [1.82, 2.24) is 4.98 Å². The lowest BCUT2D eigenvalue weighted by molar-refractivity contribution is 0.318. The normalized spacial score (nSPS) is 11.4. The van der Waals surface area contributed by atoms with E-state index in [0.29, 0.717) is 17.1 Å². The summed E-state index contributed by atoms with van der Waals surface area (Å²) in [6.07, 6.45) is 3.48. The van der Waals surface area contributed by atoms with Crippen LogP contribution in [0.25, 0.3) is 0 Å². The number of amidine groups is 1. The minimum atomic E-state index is 0.0539. The Morgan fingerprint density at radius 1 is 1.35 bits per heavy atom. The van der Waals surface area contributed by atoms with Gasteiger partial charge in [-0.15, -0.1) is 0 Å². The molecular weight excluding hydrogens is 276 g/mol. The molecule has 0 aliphatic rings. The summed E-state index contributed by atoms with van der Waals surface area (Å²) in [4.78, 5) is 5.97. The molecule has 0 saturated heterocycles. The predicted octanol–water partition coefficient (Wildman–Crippen LogP) is 2.47. The van der Waals surface area contributed by atoms with Crippen molar-refractivity contribution < 1.29 is 5.21 Å². The Morgan fingerprint density at radius 2 is 2.05 bits per heavy atom. The van der Waals surface area contributed by atoms with Crippen LogP contribution in [0, 0.1) is 0 Å². The van der Waals surface area contributed by atoms with Gasteiger partial charge < -0.3 is 15.8 Å². The second-order valence-electron chi connectivity index (χ2n) is 4.36. The first-order chi connectivity index (χ1) is 9.61. The molecule has 20 heavy (non-hydrogen) atoms. The zero-order valence-corrected chi connectivity index (χ0v) is 11.7. The highest BCUT2D eigenvalue weighted by molar-refractivity contribution is 6.31. The van der Waals surface area contributed by atoms with Crippen LogP contribution in [0.15, 0.2) is 47.9 Å². The van der Waals surface area contributed by atoms with Gasteiger partial charge in [0.15, 0.2) is 5.84 Å². The smallest absolute Gasteiger partial charge is 0.172 e. The molecule has 0 fully saturated rings. The summed E-state index contributed by atoms with van der Waals surface area (Å²) in [6, 6.07) is 9.10. The Balaban J connectivity index is 2.33. The van der Waals surface area contributed by atoms with Gasteiger partial charge in [0.1, 0.15) is 0 Å². The maximum absolute atomic E-state index is 8.86. The van der Waals surface area contributed by atoms with E-state index in [1.54, 1.807) is 30.6 Å². The van der Waals surface area contributed by atoms with E-state index < -0.39 is 0 Å². The fourth-order valence-electron chi connectivity index (χ4n) is 1.94. The molecule has 2 aromatic rings. The molecule has 0 amide bonds. The average molecular weight is 291 g/mol. The highest BCUT2D eigenvalue weighted by Crippen LogP contribution is 2.25. The second kappa shape index (κ2) is 6.25. The standard InChI is InChI=1S/C14H15ClN4O/c1-19(9-10-4-6-17-7-5-10)13-8-11(15)2-3-12(13)14(16)18-20/h2-8,20H,9H2,1H3,(H2,16,18). The molecule has 1 aromatic heterocycles. The molecule has 0 aliphatic carbocycles. The topological polar surface area (TPSA) is 74.7 Å². The lowest BCUT2D eigenvalue weighted by Gasteiger charge is -2.22. The fourth-order valence-corrected chi connectivity index (χ4v) is 2.10. The lowest BCUT2D eigenvalue weighted by atomic mass is 10.1. The van der Waals surface area contributed by atoms with Crippen LogP contribution in [-0.4, -0.2) is 23.1 Å². The van der Waals surface area contributed by atoms with Crippen LogP contribution in [0.2, 0.25) is 5.02 Å². The third-order valence-corrected chi connectivity index (χ3v) is 3.16. The van der Waals surface area contributed by atoms with Crippen molar-refractivity contribution in [3.63, 3.8) is 0 Å². The van der Waals surface area contributed by atoms with Crippen LogP contribution in [-0.2, 0) is 6.54 Å². The van der Waals surface area contributed by atoms with E-state index in [0.717, 1.165) is 11.3 Å². The van der Waals surface area contributed by atoms with Gasteiger partial charge in [0.05, 0.1) is 0 Å². The fraction of sp³-hybridized carbons (Fsp3) is 0.143. The molecule has 6 heteroatoms. The molecule has 1 aromatic carbocycles. The summed E-state index contributed by atoms with van der Waals surface area (Å²) >= 11 is 6.03. The summed E-state index contributed by atoms with van der Waals surface area (Å²) in [5.74, 6) is 0.0539. The van der Waals surface area contributed by atoms with Crippen LogP contribution in [0.4, 0.5) is 5.69 Å². The minimum Gasteiger partial charge on any atom is -0.409 e. The summed E-state index contributed by atoms with van der Waals surface area (Å²) in [6.45, 7) is 0.661. The van der Waals surface area contributed by atoms with Crippen molar-refractivity contribution in [2.75, 3.05) is 11.9 Å². The van der Waals surface area contributed by atoms with E-state index in [1.165, 1.54) is 0 Å². The van der Waals surface area contributed by atoms with Gasteiger partial charge in [-0.1, -0.05) is 16.8 Å². The summed E-state index contributed by atoms with van der Waals surface area (Å²) in [5.41, 5.74) is 8.23. The van der Waals surface area contributed by atoms with Crippen LogP contribution < -0.4 is 10.6 Å². The quantitative estimate of drug-likeness (QED) is 0.393.